The van der Waals surface area contributed by atoms with Crippen molar-refractivity contribution in [2.24, 2.45) is 4.99 Å². The highest BCUT2D eigenvalue weighted by Gasteiger charge is 2.18. The summed E-state index contributed by atoms with van der Waals surface area (Å²) >= 11 is 0. The highest BCUT2D eigenvalue weighted by atomic mass is 127. The highest BCUT2D eigenvalue weighted by molar-refractivity contribution is 14.0. The molecule has 0 atom stereocenters. The third-order valence-corrected chi connectivity index (χ3v) is 4.86. The molecule has 0 bridgehead atoms. The first-order valence-corrected chi connectivity index (χ1v) is 10.8. The first-order valence-electron chi connectivity index (χ1n) is 10.8. The van der Waals surface area contributed by atoms with Crippen LogP contribution < -0.4 is 16.0 Å². The van der Waals surface area contributed by atoms with Crippen LogP contribution in [0, 0.1) is 0 Å². The van der Waals surface area contributed by atoms with E-state index in [4.69, 9.17) is 0 Å². The molecular weight excluding hydrogens is 493 g/mol. The largest absolute Gasteiger partial charge is 0.357 e. The highest BCUT2D eigenvalue weighted by Crippen LogP contribution is 2.09. The zero-order valence-corrected chi connectivity index (χ0v) is 20.5. The van der Waals surface area contributed by atoms with Gasteiger partial charge >= 0.3 is 0 Å². The Bertz CT molecular complexity index is 679. The SMILES string of the molecule is CCCCNC(=O)c1ccc(CN=C(NCC)NCCCN2CCCC2=O)cc1.I. The van der Waals surface area contributed by atoms with Crippen LogP contribution in [0.2, 0.25) is 0 Å². The van der Waals surface area contributed by atoms with Crippen LogP contribution in [0.4, 0.5) is 0 Å². The number of benzene rings is 1. The standard InChI is InChI=1S/C22H35N5O2.HI/c1-3-5-13-24-21(29)19-11-9-18(10-12-19)17-26-22(23-4-2)25-14-7-16-27-15-6-8-20(27)28;/h9-12H,3-8,13-17H2,1-2H3,(H,24,29)(H2,23,25,26);1H. The number of carbonyl (C=O) groups is 2. The zero-order chi connectivity index (χ0) is 20.9. The Labute approximate surface area is 197 Å². The molecular formula is C22H36IN5O2. The molecule has 1 fully saturated rings. The minimum atomic E-state index is -0.0278. The fourth-order valence-electron chi connectivity index (χ4n) is 3.17. The summed E-state index contributed by atoms with van der Waals surface area (Å²) in [5.74, 6) is 1.01. The van der Waals surface area contributed by atoms with Crippen LogP contribution in [-0.2, 0) is 11.3 Å². The Hall–Kier alpha value is -1.84. The molecule has 0 spiro atoms. The molecule has 1 heterocycles. The summed E-state index contributed by atoms with van der Waals surface area (Å²) in [7, 11) is 0. The number of guanidine groups is 1. The number of halogens is 1. The molecule has 1 saturated heterocycles. The van der Waals surface area contributed by atoms with Gasteiger partial charge in [-0.3, -0.25) is 9.59 Å². The van der Waals surface area contributed by atoms with E-state index in [1.54, 1.807) is 0 Å². The van der Waals surface area contributed by atoms with Crippen LogP contribution in [0.15, 0.2) is 29.3 Å². The first-order chi connectivity index (χ1) is 14.1. The molecule has 7 nitrogen and oxygen atoms in total. The maximum Gasteiger partial charge on any atom is 0.251 e. The van der Waals surface area contributed by atoms with E-state index in [1.807, 2.05) is 36.1 Å². The lowest BCUT2D eigenvalue weighted by molar-refractivity contribution is -0.127. The number of nitrogens with one attached hydrogen (secondary N) is 3. The lowest BCUT2D eigenvalue weighted by Crippen LogP contribution is -2.39. The molecule has 0 unspecified atom stereocenters. The van der Waals surface area contributed by atoms with Gasteiger partial charge in [-0.2, -0.15) is 0 Å². The Morgan fingerprint density at radius 1 is 1.07 bits per heavy atom. The van der Waals surface area contributed by atoms with Gasteiger partial charge in [0.1, 0.15) is 0 Å². The van der Waals surface area contributed by atoms with E-state index in [1.165, 1.54) is 0 Å². The number of hydrogen-bond donors (Lipinski definition) is 3. The smallest absolute Gasteiger partial charge is 0.251 e. The summed E-state index contributed by atoms with van der Waals surface area (Å²) in [6.07, 6.45) is 4.63. The van der Waals surface area contributed by atoms with Crippen molar-refractivity contribution in [2.45, 2.75) is 52.5 Å². The van der Waals surface area contributed by atoms with Crippen LogP contribution in [0.5, 0.6) is 0 Å². The van der Waals surface area contributed by atoms with Gasteiger partial charge in [0.2, 0.25) is 5.91 Å². The van der Waals surface area contributed by atoms with Gasteiger partial charge < -0.3 is 20.9 Å². The average Bonchev–Trinajstić information content (AvgIpc) is 3.14. The molecule has 0 aromatic heterocycles. The number of nitrogens with zero attached hydrogens (tertiary/aromatic N) is 2. The van der Waals surface area contributed by atoms with Gasteiger partial charge in [-0.15, -0.1) is 24.0 Å². The number of hydrogen-bond acceptors (Lipinski definition) is 3. The number of likely N-dealkylation sites (tertiary alicyclic amines) is 1. The molecule has 2 amide bonds. The van der Waals surface area contributed by atoms with Crippen molar-refractivity contribution in [3.05, 3.63) is 35.4 Å². The second-order valence-corrected chi connectivity index (χ2v) is 7.27. The molecule has 1 aliphatic heterocycles. The van der Waals surface area contributed by atoms with Crippen molar-refractivity contribution in [3.63, 3.8) is 0 Å². The second-order valence-electron chi connectivity index (χ2n) is 7.27. The maximum atomic E-state index is 12.1. The third kappa shape index (κ3) is 9.32. The molecule has 0 radical (unpaired) electrons. The normalized spacial score (nSPS) is 13.7. The summed E-state index contributed by atoms with van der Waals surface area (Å²) in [5, 5.41) is 9.49. The fourth-order valence-corrected chi connectivity index (χ4v) is 3.17. The van der Waals surface area contributed by atoms with Crippen molar-refractivity contribution >= 4 is 41.8 Å². The summed E-state index contributed by atoms with van der Waals surface area (Å²) in [6, 6.07) is 7.58. The van der Waals surface area contributed by atoms with Crippen LogP contribution in [0.1, 0.15) is 61.9 Å². The number of unbranched alkanes of at least 4 members (excludes halogenated alkanes) is 1. The number of rotatable bonds is 11. The van der Waals surface area contributed by atoms with Crippen LogP contribution in [-0.4, -0.2) is 55.4 Å². The Morgan fingerprint density at radius 2 is 1.80 bits per heavy atom. The lowest BCUT2D eigenvalue weighted by Gasteiger charge is -2.16. The molecule has 1 aromatic carbocycles. The van der Waals surface area contributed by atoms with Crippen molar-refractivity contribution in [3.8, 4) is 0 Å². The van der Waals surface area contributed by atoms with E-state index in [2.05, 4.69) is 27.9 Å². The van der Waals surface area contributed by atoms with Gasteiger partial charge in [-0.1, -0.05) is 25.5 Å². The molecule has 3 N–H and O–H groups in total. The second kappa shape index (κ2) is 15.0. The van der Waals surface area contributed by atoms with E-state index in [0.29, 0.717) is 25.1 Å². The van der Waals surface area contributed by atoms with E-state index in [-0.39, 0.29) is 35.8 Å². The van der Waals surface area contributed by atoms with Crippen molar-refractivity contribution in [1.82, 2.24) is 20.9 Å². The molecule has 8 heteroatoms. The Kier molecular flexibility index (Phi) is 13.1. The minimum absolute atomic E-state index is 0. The van der Waals surface area contributed by atoms with E-state index in [0.717, 1.165) is 63.4 Å². The summed E-state index contributed by atoms with van der Waals surface area (Å²) < 4.78 is 0. The minimum Gasteiger partial charge on any atom is -0.357 e. The lowest BCUT2D eigenvalue weighted by atomic mass is 10.1. The molecule has 30 heavy (non-hydrogen) atoms. The van der Waals surface area contributed by atoms with Crippen LogP contribution >= 0.6 is 24.0 Å². The summed E-state index contributed by atoms with van der Waals surface area (Å²) in [4.78, 5) is 30.3. The van der Waals surface area contributed by atoms with Gasteiger partial charge in [-0.25, -0.2) is 4.99 Å². The van der Waals surface area contributed by atoms with E-state index in [9.17, 15) is 9.59 Å². The van der Waals surface area contributed by atoms with Gasteiger partial charge in [0.25, 0.3) is 5.91 Å². The quantitative estimate of drug-likeness (QED) is 0.178. The number of aliphatic imine (C=N–C) groups is 1. The summed E-state index contributed by atoms with van der Waals surface area (Å²) in [6.45, 7) is 8.63. The van der Waals surface area contributed by atoms with Crippen molar-refractivity contribution in [2.75, 3.05) is 32.7 Å². The van der Waals surface area contributed by atoms with Gasteiger partial charge in [0.05, 0.1) is 6.54 Å². The van der Waals surface area contributed by atoms with E-state index < -0.39 is 0 Å². The number of amides is 2. The van der Waals surface area contributed by atoms with Gasteiger partial charge in [-0.05, 0) is 43.9 Å². The molecule has 0 aliphatic carbocycles. The molecule has 2 rings (SSSR count). The molecule has 168 valence electrons. The van der Waals surface area contributed by atoms with Crippen LogP contribution in [0.3, 0.4) is 0 Å². The predicted molar refractivity (Wildman–Crippen MR) is 132 cm³/mol. The molecule has 1 aliphatic rings. The van der Waals surface area contributed by atoms with Crippen LogP contribution in [0.25, 0.3) is 0 Å². The van der Waals surface area contributed by atoms with Gasteiger partial charge in [0.15, 0.2) is 5.96 Å². The Balaban J connectivity index is 0.00000450. The summed E-state index contributed by atoms with van der Waals surface area (Å²) in [5.41, 5.74) is 1.73. The average molecular weight is 529 g/mol. The Morgan fingerprint density at radius 3 is 2.43 bits per heavy atom. The zero-order valence-electron chi connectivity index (χ0n) is 18.2. The first kappa shape index (κ1) is 26.2. The van der Waals surface area contributed by atoms with Crippen molar-refractivity contribution in [1.29, 1.82) is 0 Å². The molecule has 0 saturated carbocycles. The monoisotopic (exact) mass is 529 g/mol. The van der Waals surface area contributed by atoms with Gasteiger partial charge in [0, 0.05) is 44.7 Å². The third-order valence-electron chi connectivity index (χ3n) is 4.86. The molecule has 1 aromatic rings. The fraction of sp³-hybridized carbons (Fsp3) is 0.591. The number of carbonyl (C=O) groups excluding carboxylic acids is 2. The maximum absolute atomic E-state index is 12.1. The predicted octanol–water partition coefficient (Wildman–Crippen LogP) is 2.90. The van der Waals surface area contributed by atoms with E-state index >= 15 is 0 Å². The van der Waals surface area contributed by atoms with Crippen molar-refractivity contribution < 1.29 is 9.59 Å². The topological polar surface area (TPSA) is 85.8 Å².